The van der Waals surface area contributed by atoms with Gasteiger partial charge in [-0.15, -0.1) is 0 Å². The standard InChI is InChI=1S/C19H25NO/c1-3-4-7-17-9-11-18(12-10-17)20-13-14-21-19-8-5-6-16(2)15-19/h5-6,8-12,15,20H,3-4,7,13-14H2,1-2H3. The van der Waals surface area contributed by atoms with E-state index < -0.39 is 0 Å². The van der Waals surface area contributed by atoms with Crippen molar-refractivity contribution in [2.45, 2.75) is 33.1 Å². The summed E-state index contributed by atoms with van der Waals surface area (Å²) in [5, 5.41) is 3.39. The van der Waals surface area contributed by atoms with Crippen LogP contribution < -0.4 is 10.1 Å². The summed E-state index contributed by atoms with van der Waals surface area (Å²) in [6, 6.07) is 16.9. The second kappa shape index (κ2) is 8.35. The molecular formula is C19H25NO. The lowest BCUT2D eigenvalue weighted by Gasteiger charge is -2.09. The Morgan fingerprint density at radius 2 is 1.86 bits per heavy atom. The van der Waals surface area contributed by atoms with Crippen LogP contribution in [0.15, 0.2) is 48.5 Å². The first-order valence-electron chi connectivity index (χ1n) is 7.80. The van der Waals surface area contributed by atoms with Gasteiger partial charge >= 0.3 is 0 Å². The zero-order chi connectivity index (χ0) is 14.9. The van der Waals surface area contributed by atoms with Crippen LogP contribution >= 0.6 is 0 Å². The summed E-state index contributed by atoms with van der Waals surface area (Å²) >= 11 is 0. The first kappa shape index (κ1) is 15.4. The highest BCUT2D eigenvalue weighted by atomic mass is 16.5. The maximum Gasteiger partial charge on any atom is 0.119 e. The Kier molecular flexibility index (Phi) is 6.14. The number of hydrogen-bond donors (Lipinski definition) is 1. The first-order chi connectivity index (χ1) is 10.3. The van der Waals surface area contributed by atoms with E-state index in [2.05, 4.69) is 55.6 Å². The summed E-state index contributed by atoms with van der Waals surface area (Å²) in [4.78, 5) is 0. The minimum Gasteiger partial charge on any atom is -0.492 e. The van der Waals surface area contributed by atoms with Gasteiger partial charge in [0.2, 0.25) is 0 Å². The smallest absolute Gasteiger partial charge is 0.119 e. The van der Waals surface area contributed by atoms with Gasteiger partial charge in [-0.1, -0.05) is 37.6 Å². The molecule has 0 saturated carbocycles. The molecule has 1 N–H and O–H groups in total. The lowest BCUT2D eigenvalue weighted by atomic mass is 10.1. The van der Waals surface area contributed by atoms with Crippen LogP contribution in [0.25, 0.3) is 0 Å². The van der Waals surface area contributed by atoms with Crippen molar-refractivity contribution in [3.63, 3.8) is 0 Å². The van der Waals surface area contributed by atoms with Crippen molar-refractivity contribution in [3.05, 3.63) is 59.7 Å². The molecule has 0 aliphatic heterocycles. The molecule has 0 aliphatic carbocycles. The van der Waals surface area contributed by atoms with E-state index in [9.17, 15) is 0 Å². The first-order valence-corrected chi connectivity index (χ1v) is 7.80. The average molecular weight is 283 g/mol. The average Bonchev–Trinajstić information content (AvgIpc) is 2.51. The highest BCUT2D eigenvalue weighted by Crippen LogP contribution is 2.13. The predicted molar refractivity (Wildman–Crippen MR) is 90.2 cm³/mol. The van der Waals surface area contributed by atoms with E-state index in [4.69, 9.17) is 4.74 Å². The number of unbranched alkanes of at least 4 members (excludes halogenated alkanes) is 1. The van der Waals surface area contributed by atoms with Gasteiger partial charge in [-0.2, -0.15) is 0 Å². The molecule has 0 aromatic heterocycles. The van der Waals surface area contributed by atoms with Crippen molar-refractivity contribution in [1.29, 1.82) is 0 Å². The molecule has 0 fully saturated rings. The Hall–Kier alpha value is -1.96. The number of rotatable bonds is 8. The normalized spacial score (nSPS) is 10.4. The van der Waals surface area contributed by atoms with E-state index in [-0.39, 0.29) is 0 Å². The number of ether oxygens (including phenoxy) is 1. The van der Waals surface area contributed by atoms with Gasteiger partial charge in [0.05, 0.1) is 0 Å². The van der Waals surface area contributed by atoms with Gasteiger partial charge in [0.1, 0.15) is 12.4 Å². The molecule has 0 saturated heterocycles. The molecule has 2 nitrogen and oxygen atoms in total. The second-order valence-corrected chi connectivity index (χ2v) is 5.39. The van der Waals surface area contributed by atoms with Crippen molar-refractivity contribution in [1.82, 2.24) is 0 Å². The molecule has 0 spiro atoms. The third-order valence-electron chi connectivity index (χ3n) is 3.46. The molecule has 2 aromatic rings. The van der Waals surface area contributed by atoms with Crippen molar-refractivity contribution in [2.75, 3.05) is 18.5 Å². The Morgan fingerprint density at radius 3 is 2.57 bits per heavy atom. The SMILES string of the molecule is CCCCc1ccc(NCCOc2cccc(C)c2)cc1. The quantitative estimate of drug-likeness (QED) is 0.701. The fourth-order valence-corrected chi connectivity index (χ4v) is 2.24. The van der Waals surface area contributed by atoms with E-state index in [1.165, 1.54) is 30.4 Å². The van der Waals surface area contributed by atoms with Crippen LogP contribution in [0.3, 0.4) is 0 Å². The maximum absolute atomic E-state index is 5.72. The number of aryl methyl sites for hydroxylation is 2. The van der Waals surface area contributed by atoms with Crippen LogP contribution in [-0.2, 0) is 6.42 Å². The molecule has 0 unspecified atom stereocenters. The largest absolute Gasteiger partial charge is 0.492 e. The Labute approximate surface area is 128 Å². The molecule has 2 aromatic carbocycles. The van der Waals surface area contributed by atoms with E-state index in [1.54, 1.807) is 0 Å². The van der Waals surface area contributed by atoms with Gasteiger partial charge < -0.3 is 10.1 Å². The number of nitrogens with one attached hydrogen (secondary N) is 1. The molecule has 2 rings (SSSR count). The lowest BCUT2D eigenvalue weighted by molar-refractivity contribution is 0.332. The minimum absolute atomic E-state index is 0.668. The Balaban J connectivity index is 1.71. The van der Waals surface area contributed by atoms with Crippen LogP contribution in [0.2, 0.25) is 0 Å². The van der Waals surface area contributed by atoms with Crippen LogP contribution in [0.4, 0.5) is 5.69 Å². The molecule has 0 amide bonds. The van der Waals surface area contributed by atoms with Gasteiger partial charge in [0, 0.05) is 12.2 Å². The molecule has 112 valence electrons. The molecule has 21 heavy (non-hydrogen) atoms. The summed E-state index contributed by atoms with van der Waals surface area (Å²) in [5.41, 5.74) is 3.80. The molecule has 0 radical (unpaired) electrons. The fraction of sp³-hybridized carbons (Fsp3) is 0.368. The van der Waals surface area contributed by atoms with E-state index in [0.29, 0.717) is 6.61 Å². The molecule has 2 heteroatoms. The highest BCUT2D eigenvalue weighted by Gasteiger charge is 1.96. The number of anilines is 1. The maximum atomic E-state index is 5.72. The van der Waals surface area contributed by atoms with E-state index in [0.717, 1.165) is 18.0 Å². The number of benzene rings is 2. The predicted octanol–water partition coefficient (Wildman–Crippen LogP) is 4.83. The van der Waals surface area contributed by atoms with Crippen molar-refractivity contribution >= 4 is 5.69 Å². The Morgan fingerprint density at radius 1 is 1.05 bits per heavy atom. The molecule has 0 aliphatic rings. The molecular weight excluding hydrogens is 258 g/mol. The van der Waals surface area contributed by atoms with E-state index in [1.807, 2.05) is 12.1 Å². The van der Waals surface area contributed by atoms with Crippen molar-refractivity contribution in [3.8, 4) is 5.75 Å². The molecule has 0 heterocycles. The zero-order valence-electron chi connectivity index (χ0n) is 13.1. The zero-order valence-corrected chi connectivity index (χ0v) is 13.1. The summed E-state index contributed by atoms with van der Waals surface area (Å²) in [7, 11) is 0. The summed E-state index contributed by atoms with van der Waals surface area (Å²) in [6.45, 7) is 5.78. The topological polar surface area (TPSA) is 21.3 Å². The minimum atomic E-state index is 0.668. The monoisotopic (exact) mass is 283 g/mol. The lowest BCUT2D eigenvalue weighted by Crippen LogP contribution is -2.11. The summed E-state index contributed by atoms with van der Waals surface area (Å²) in [6.07, 6.45) is 3.68. The Bertz CT molecular complexity index is 534. The highest BCUT2D eigenvalue weighted by molar-refractivity contribution is 5.44. The van der Waals surface area contributed by atoms with Gasteiger partial charge in [0.15, 0.2) is 0 Å². The van der Waals surface area contributed by atoms with Crippen LogP contribution in [-0.4, -0.2) is 13.2 Å². The summed E-state index contributed by atoms with van der Waals surface area (Å²) < 4.78 is 5.72. The van der Waals surface area contributed by atoms with Gasteiger partial charge in [-0.05, 0) is 55.2 Å². The number of hydrogen-bond acceptors (Lipinski definition) is 2. The van der Waals surface area contributed by atoms with Gasteiger partial charge in [0.25, 0.3) is 0 Å². The van der Waals surface area contributed by atoms with Gasteiger partial charge in [-0.3, -0.25) is 0 Å². The third kappa shape index (κ3) is 5.50. The van der Waals surface area contributed by atoms with Crippen LogP contribution in [0.5, 0.6) is 5.75 Å². The molecule has 0 bridgehead atoms. The molecule has 0 atom stereocenters. The van der Waals surface area contributed by atoms with Crippen molar-refractivity contribution in [2.24, 2.45) is 0 Å². The third-order valence-corrected chi connectivity index (χ3v) is 3.46. The fourth-order valence-electron chi connectivity index (χ4n) is 2.24. The van der Waals surface area contributed by atoms with Crippen LogP contribution in [0, 0.1) is 6.92 Å². The second-order valence-electron chi connectivity index (χ2n) is 5.39. The van der Waals surface area contributed by atoms with E-state index >= 15 is 0 Å². The van der Waals surface area contributed by atoms with Gasteiger partial charge in [-0.25, -0.2) is 0 Å². The van der Waals surface area contributed by atoms with Crippen LogP contribution in [0.1, 0.15) is 30.9 Å². The van der Waals surface area contributed by atoms with Crippen molar-refractivity contribution < 1.29 is 4.74 Å². The summed E-state index contributed by atoms with van der Waals surface area (Å²) in [5.74, 6) is 0.937.